The Bertz CT molecular complexity index is 982. The molecule has 0 aliphatic carbocycles. The molecule has 0 bridgehead atoms. The minimum atomic E-state index is -0.232. The Hall–Kier alpha value is -2.38. The molecule has 150 valence electrons. The van der Waals surface area contributed by atoms with E-state index in [1.165, 1.54) is 12.1 Å². The summed E-state index contributed by atoms with van der Waals surface area (Å²) in [5, 5.41) is 2.04. The lowest BCUT2D eigenvalue weighted by Crippen LogP contribution is -2.49. The molecule has 0 spiro atoms. The summed E-state index contributed by atoms with van der Waals surface area (Å²) in [5.41, 5.74) is 3.83. The van der Waals surface area contributed by atoms with Crippen molar-refractivity contribution >= 4 is 34.7 Å². The topological polar surface area (TPSA) is 36.4 Å². The molecule has 1 amide bonds. The van der Waals surface area contributed by atoms with Crippen molar-refractivity contribution < 1.29 is 9.18 Å². The first-order chi connectivity index (χ1) is 14.1. The van der Waals surface area contributed by atoms with Gasteiger partial charge in [-0.25, -0.2) is 9.37 Å². The van der Waals surface area contributed by atoms with Crippen LogP contribution in [0.5, 0.6) is 0 Å². The smallest absolute Gasteiger partial charge is 0.254 e. The van der Waals surface area contributed by atoms with Crippen LogP contribution < -0.4 is 4.90 Å². The van der Waals surface area contributed by atoms with Gasteiger partial charge in [-0.15, -0.1) is 11.3 Å². The molecule has 0 radical (unpaired) electrons. The van der Waals surface area contributed by atoms with Crippen LogP contribution in [-0.2, 0) is 5.75 Å². The molecule has 7 heteroatoms. The number of anilines is 1. The van der Waals surface area contributed by atoms with Gasteiger partial charge in [0.15, 0.2) is 0 Å². The second-order valence-electron chi connectivity index (χ2n) is 6.96. The third-order valence-electron chi connectivity index (χ3n) is 4.96. The van der Waals surface area contributed by atoms with Gasteiger partial charge < -0.3 is 9.80 Å². The lowest BCUT2D eigenvalue weighted by atomic mass is 10.1. The molecule has 4 rings (SSSR count). The predicted octanol–water partition coefficient (Wildman–Crippen LogP) is 4.85. The maximum atomic E-state index is 13.2. The Labute approximate surface area is 178 Å². The third kappa shape index (κ3) is 4.79. The second kappa shape index (κ2) is 8.97. The minimum absolute atomic E-state index is 0.0790. The lowest BCUT2D eigenvalue weighted by Gasteiger charge is -2.36. The highest BCUT2D eigenvalue weighted by molar-refractivity contribution is 8.00. The number of carbonyl (C=O) groups excluding carboxylic acids is 1. The average Bonchev–Trinajstić information content (AvgIpc) is 3.18. The summed E-state index contributed by atoms with van der Waals surface area (Å²) in [5.74, 6) is 0.574. The molecule has 29 heavy (non-hydrogen) atoms. The fraction of sp³-hybridized carbons (Fsp3) is 0.273. The molecule has 4 nitrogen and oxygen atoms in total. The summed E-state index contributed by atoms with van der Waals surface area (Å²) in [4.78, 5) is 21.8. The number of carbonyl (C=O) groups is 1. The van der Waals surface area contributed by atoms with E-state index in [4.69, 9.17) is 0 Å². The van der Waals surface area contributed by atoms with E-state index in [0.717, 1.165) is 45.7 Å². The summed E-state index contributed by atoms with van der Waals surface area (Å²) in [6, 6.07) is 14.4. The molecule has 2 heterocycles. The molecule has 3 aromatic rings. The molecule has 0 saturated carbocycles. The van der Waals surface area contributed by atoms with E-state index < -0.39 is 0 Å². The van der Waals surface area contributed by atoms with Crippen molar-refractivity contribution in [3.8, 4) is 0 Å². The minimum Gasteiger partial charge on any atom is -0.368 e. The first kappa shape index (κ1) is 19.9. The van der Waals surface area contributed by atoms with Crippen molar-refractivity contribution in [3.05, 3.63) is 76.5 Å². The van der Waals surface area contributed by atoms with Gasteiger partial charge in [-0.1, -0.05) is 30.0 Å². The Morgan fingerprint density at radius 3 is 2.52 bits per heavy atom. The molecule has 2 aromatic carbocycles. The second-order valence-corrected chi connectivity index (χ2v) is 9.04. The lowest BCUT2D eigenvalue weighted by molar-refractivity contribution is 0.0746. The van der Waals surface area contributed by atoms with Gasteiger partial charge in [0.2, 0.25) is 0 Å². The number of halogens is 1. The van der Waals surface area contributed by atoms with Crippen LogP contribution in [0.1, 0.15) is 21.6 Å². The van der Waals surface area contributed by atoms with Gasteiger partial charge >= 0.3 is 0 Å². The molecule has 1 aromatic heterocycles. The molecule has 0 atom stereocenters. The van der Waals surface area contributed by atoms with E-state index in [9.17, 15) is 9.18 Å². The predicted molar refractivity (Wildman–Crippen MR) is 117 cm³/mol. The number of thiazole rings is 1. The van der Waals surface area contributed by atoms with Crippen LogP contribution in [0.15, 0.2) is 58.3 Å². The van der Waals surface area contributed by atoms with Crippen LogP contribution in [0.3, 0.4) is 0 Å². The molecule has 0 N–H and O–H groups in total. The Balaban J connectivity index is 1.40. The number of piperazine rings is 1. The van der Waals surface area contributed by atoms with Crippen LogP contribution in [0.4, 0.5) is 10.1 Å². The maximum Gasteiger partial charge on any atom is 0.254 e. The molecular weight excluding hydrogens is 405 g/mol. The highest BCUT2D eigenvalue weighted by Gasteiger charge is 2.24. The maximum absolute atomic E-state index is 13.2. The largest absolute Gasteiger partial charge is 0.368 e. The van der Waals surface area contributed by atoms with Gasteiger partial charge in [-0.05, 0) is 42.8 Å². The quantitative estimate of drug-likeness (QED) is 0.546. The monoisotopic (exact) mass is 427 g/mol. The number of hydrogen-bond acceptors (Lipinski definition) is 5. The van der Waals surface area contributed by atoms with Crippen LogP contribution in [-0.4, -0.2) is 42.0 Å². The first-order valence-corrected chi connectivity index (χ1v) is 11.4. The summed E-state index contributed by atoms with van der Waals surface area (Å²) in [6.07, 6.45) is 0. The van der Waals surface area contributed by atoms with Crippen LogP contribution >= 0.6 is 23.1 Å². The fourth-order valence-corrected chi connectivity index (χ4v) is 5.24. The van der Waals surface area contributed by atoms with Gasteiger partial charge in [0.25, 0.3) is 5.91 Å². The van der Waals surface area contributed by atoms with E-state index in [2.05, 4.69) is 9.88 Å². The zero-order valence-electron chi connectivity index (χ0n) is 16.2. The fourth-order valence-electron chi connectivity index (χ4n) is 3.38. The highest BCUT2D eigenvalue weighted by atomic mass is 32.2. The zero-order chi connectivity index (χ0) is 20.2. The average molecular weight is 428 g/mol. The summed E-state index contributed by atoms with van der Waals surface area (Å²) < 4.78 is 14.2. The Morgan fingerprint density at radius 2 is 1.83 bits per heavy atom. The van der Waals surface area contributed by atoms with Crippen LogP contribution in [0.25, 0.3) is 0 Å². The van der Waals surface area contributed by atoms with Crippen molar-refractivity contribution in [2.45, 2.75) is 17.0 Å². The Kier molecular flexibility index (Phi) is 6.16. The van der Waals surface area contributed by atoms with E-state index in [-0.39, 0.29) is 11.7 Å². The summed E-state index contributed by atoms with van der Waals surface area (Å²) in [7, 11) is 0. The van der Waals surface area contributed by atoms with E-state index in [0.29, 0.717) is 13.1 Å². The summed E-state index contributed by atoms with van der Waals surface area (Å²) in [6.45, 7) is 4.79. The molecule has 1 fully saturated rings. The number of thioether (sulfide) groups is 1. The third-order valence-corrected chi connectivity index (χ3v) is 7.14. The van der Waals surface area contributed by atoms with Crippen molar-refractivity contribution in [2.24, 2.45) is 0 Å². The van der Waals surface area contributed by atoms with Crippen molar-refractivity contribution in [1.82, 2.24) is 9.88 Å². The molecular formula is C22H22FN3OS2. The number of aryl methyl sites for hydroxylation is 1. The van der Waals surface area contributed by atoms with Crippen molar-refractivity contribution in [1.29, 1.82) is 0 Å². The van der Waals surface area contributed by atoms with E-state index >= 15 is 0 Å². The van der Waals surface area contributed by atoms with Gasteiger partial charge in [0.05, 0.1) is 0 Å². The van der Waals surface area contributed by atoms with E-state index in [1.807, 2.05) is 41.5 Å². The molecule has 0 unspecified atom stereocenters. The standard InChI is InChI=1S/C22H22FN3OS2/c1-16-14-28-22(24-16)29-15-17-4-2-3-5-20(17)21(27)26-12-10-25(11-13-26)19-8-6-18(23)7-9-19/h2-9,14H,10-13,15H2,1H3. The first-order valence-electron chi connectivity index (χ1n) is 9.53. The highest BCUT2D eigenvalue weighted by Crippen LogP contribution is 2.28. The van der Waals surface area contributed by atoms with Crippen molar-refractivity contribution in [3.63, 3.8) is 0 Å². The molecule has 1 aliphatic heterocycles. The van der Waals surface area contributed by atoms with Crippen LogP contribution in [0.2, 0.25) is 0 Å². The molecule has 1 aliphatic rings. The van der Waals surface area contributed by atoms with Gasteiger partial charge in [-0.2, -0.15) is 0 Å². The Morgan fingerprint density at radius 1 is 1.10 bits per heavy atom. The number of nitrogens with zero attached hydrogens (tertiary/aromatic N) is 3. The van der Waals surface area contributed by atoms with Crippen LogP contribution in [0, 0.1) is 12.7 Å². The van der Waals surface area contributed by atoms with Crippen molar-refractivity contribution in [2.75, 3.05) is 31.1 Å². The number of rotatable bonds is 5. The number of aromatic nitrogens is 1. The number of amides is 1. The number of hydrogen-bond donors (Lipinski definition) is 0. The van der Waals surface area contributed by atoms with Gasteiger partial charge in [0, 0.05) is 54.3 Å². The van der Waals surface area contributed by atoms with Gasteiger partial charge in [-0.3, -0.25) is 4.79 Å². The van der Waals surface area contributed by atoms with E-state index in [1.54, 1.807) is 35.2 Å². The van der Waals surface area contributed by atoms with Gasteiger partial charge in [0.1, 0.15) is 10.2 Å². The normalized spacial score (nSPS) is 14.3. The SMILES string of the molecule is Cc1csc(SCc2ccccc2C(=O)N2CCN(c3ccc(F)cc3)CC2)n1. The zero-order valence-corrected chi connectivity index (χ0v) is 17.8. The summed E-state index contributed by atoms with van der Waals surface area (Å²) >= 11 is 3.31. The number of benzene rings is 2. The molecule has 1 saturated heterocycles.